The summed E-state index contributed by atoms with van der Waals surface area (Å²) in [4.78, 5) is 21.1. The molecule has 0 saturated heterocycles. The van der Waals surface area contributed by atoms with Crippen LogP contribution >= 0.6 is 34.8 Å². The van der Waals surface area contributed by atoms with Gasteiger partial charge >= 0.3 is 11.3 Å². The molecule has 0 bridgehead atoms. The molecule has 2 aromatic rings. The fraction of sp³-hybridized carbons (Fsp3) is 0. The van der Waals surface area contributed by atoms with E-state index in [0.29, 0.717) is 0 Å². The number of nitro groups is 1. The highest BCUT2D eigenvalue weighted by Crippen LogP contribution is 2.36. The molecule has 0 saturated carbocycles. The van der Waals surface area contributed by atoms with E-state index in [0.717, 1.165) is 0 Å². The van der Waals surface area contributed by atoms with E-state index in [-0.39, 0.29) is 26.0 Å². The number of rotatable bonds is 1. The van der Waals surface area contributed by atoms with Crippen LogP contribution < -0.4 is 5.63 Å². The summed E-state index contributed by atoms with van der Waals surface area (Å²) in [5.41, 5.74) is -2.06. The van der Waals surface area contributed by atoms with Gasteiger partial charge in [-0.25, -0.2) is 4.79 Å². The van der Waals surface area contributed by atoms with E-state index in [1.54, 1.807) is 0 Å². The maximum absolute atomic E-state index is 11.4. The van der Waals surface area contributed by atoms with Crippen LogP contribution in [0.1, 0.15) is 0 Å². The van der Waals surface area contributed by atoms with Crippen LogP contribution in [0.15, 0.2) is 21.3 Å². The summed E-state index contributed by atoms with van der Waals surface area (Å²) in [6.45, 7) is 0. The first-order chi connectivity index (χ1) is 7.93. The van der Waals surface area contributed by atoms with Crippen molar-refractivity contribution in [3.8, 4) is 0 Å². The van der Waals surface area contributed by atoms with Crippen molar-refractivity contribution in [2.24, 2.45) is 0 Å². The van der Waals surface area contributed by atoms with Gasteiger partial charge in [0.05, 0.1) is 9.95 Å². The monoisotopic (exact) mass is 293 g/mol. The Bertz CT molecular complexity index is 695. The Morgan fingerprint density at radius 3 is 2.41 bits per heavy atom. The molecule has 1 aromatic carbocycles. The molecule has 1 heterocycles. The maximum Gasteiger partial charge on any atom is 0.417 e. The van der Waals surface area contributed by atoms with Crippen LogP contribution in [-0.2, 0) is 0 Å². The Kier molecular flexibility index (Phi) is 2.99. The predicted octanol–water partition coefficient (Wildman–Crippen LogP) is 3.66. The van der Waals surface area contributed by atoms with Crippen molar-refractivity contribution >= 4 is 51.5 Å². The summed E-state index contributed by atoms with van der Waals surface area (Å²) < 4.78 is 4.75. The second-order valence-corrected chi connectivity index (χ2v) is 4.21. The Hall–Kier alpha value is -1.30. The summed E-state index contributed by atoms with van der Waals surface area (Å²) in [6, 6.07) is 2.80. The van der Waals surface area contributed by atoms with Crippen LogP contribution in [0, 0.1) is 10.1 Å². The van der Waals surface area contributed by atoms with Gasteiger partial charge in [-0.1, -0.05) is 34.8 Å². The van der Waals surface area contributed by atoms with Gasteiger partial charge in [-0.2, -0.15) is 0 Å². The Labute approximate surface area is 109 Å². The van der Waals surface area contributed by atoms with Gasteiger partial charge in [0.1, 0.15) is 10.0 Å². The SMILES string of the molecule is O=c1oc2c(Cl)c(Cl)ccc2c(Cl)c1[N+](=O)[O-]. The summed E-state index contributed by atoms with van der Waals surface area (Å²) in [5.74, 6) is 0. The molecule has 0 N–H and O–H groups in total. The highest BCUT2D eigenvalue weighted by molar-refractivity contribution is 6.46. The lowest BCUT2D eigenvalue weighted by Gasteiger charge is -2.02. The van der Waals surface area contributed by atoms with Crippen molar-refractivity contribution in [1.29, 1.82) is 0 Å². The largest absolute Gasteiger partial charge is 0.417 e. The third-order valence-electron chi connectivity index (χ3n) is 2.07. The second-order valence-electron chi connectivity index (χ2n) is 3.05. The van der Waals surface area contributed by atoms with Crippen LogP contribution in [0.25, 0.3) is 11.0 Å². The molecule has 1 aromatic heterocycles. The highest BCUT2D eigenvalue weighted by Gasteiger charge is 2.24. The minimum Gasteiger partial charge on any atom is -0.416 e. The Morgan fingerprint density at radius 1 is 1.18 bits per heavy atom. The lowest BCUT2D eigenvalue weighted by molar-refractivity contribution is -0.387. The molecule has 0 fully saturated rings. The first-order valence-electron chi connectivity index (χ1n) is 4.18. The zero-order valence-electron chi connectivity index (χ0n) is 7.87. The molecule has 0 amide bonds. The summed E-state index contributed by atoms with van der Waals surface area (Å²) >= 11 is 17.3. The average molecular weight is 294 g/mol. The number of hydrogen-bond acceptors (Lipinski definition) is 4. The summed E-state index contributed by atoms with van der Waals surface area (Å²) in [5, 5.41) is 10.6. The lowest BCUT2D eigenvalue weighted by atomic mass is 10.2. The van der Waals surface area contributed by atoms with E-state index >= 15 is 0 Å². The first-order valence-corrected chi connectivity index (χ1v) is 5.31. The highest BCUT2D eigenvalue weighted by atomic mass is 35.5. The standard InChI is InChI=1S/C9H2Cl3NO4/c10-4-2-1-3-5(11)7(13(15)16)9(14)17-8(3)6(4)12/h1-2H. The molecule has 0 atom stereocenters. The van der Waals surface area contributed by atoms with Crippen LogP contribution in [0.4, 0.5) is 5.69 Å². The summed E-state index contributed by atoms with van der Waals surface area (Å²) in [6.07, 6.45) is 0. The van der Waals surface area contributed by atoms with Gasteiger partial charge in [-0.3, -0.25) is 10.1 Å². The molecule has 5 nitrogen and oxygen atoms in total. The first kappa shape index (κ1) is 12.2. The molecule has 0 spiro atoms. The number of nitrogens with zero attached hydrogens (tertiary/aromatic N) is 1. The van der Waals surface area contributed by atoms with Crippen molar-refractivity contribution < 1.29 is 9.34 Å². The van der Waals surface area contributed by atoms with Crippen molar-refractivity contribution in [3.63, 3.8) is 0 Å². The second kappa shape index (κ2) is 4.18. The molecule has 0 aliphatic carbocycles. The fourth-order valence-corrected chi connectivity index (χ4v) is 1.96. The molecular formula is C9H2Cl3NO4. The molecule has 88 valence electrons. The zero-order chi connectivity index (χ0) is 12.7. The van der Waals surface area contributed by atoms with Gasteiger partial charge in [-0.05, 0) is 12.1 Å². The molecule has 2 rings (SSSR count). The van der Waals surface area contributed by atoms with Crippen LogP contribution in [0.2, 0.25) is 15.1 Å². The predicted molar refractivity (Wildman–Crippen MR) is 64.2 cm³/mol. The van der Waals surface area contributed by atoms with E-state index in [9.17, 15) is 14.9 Å². The zero-order valence-corrected chi connectivity index (χ0v) is 10.1. The third kappa shape index (κ3) is 1.86. The molecule has 0 radical (unpaired) electrons. The van der Waals surface area contributed by atoms with Gasteiger partial charge in [0, 0.05) is 5.39 Å². The van der Waals surface area contributed by atoms with E-state index in [2.05, 4.69) is 0 Å². The van der Waals surface area contributed by atoms with E-state index in [4.69, 9.17) is 39.2 Å². The van der Waals surface area contributed by atoms with Crippen molar-refractivity contribution in [1.82, 2.24) is 0 Å². The molecule has 0 aliphatic rings. The Morgan fingerprint density at radius 2 is 1.82 bits per heavy atom. The molecule has 0 aliphatic heterocycles. The summed E-state index contributed by atoms with van der Waals surface area (Å²) in [7, 11) is 0. The van der Waals surface area contributed by atoms with E-state index in [1.165, 1.54) is 12.1 Å². The lowest BCUT2D eigenvalue weighted by Crippen LogP contribution is -2.07. The van der Waals surface area contributed by atoms with Crippen LogP contribution in [0.5, 0.6) is 0 Å². The quantitative estimate of drug-likeness (QED) is 0.457. The normalized spacial score (nSPS) is 10.8. The minimum absolute atomic E-state index is 0.0157. The van der Waals surface area contributed by atoms with Gasteiger partial charge in [0.15, 0.2) is 5.58 Å². The number of benzene rings is 1. The van der Waals surface area contributed by atoms with Crippen LogP contribution in [0.3, 0.4) is 0 Å². The average Bonchev–Trinajstić information content (AvgIpc) is 2.23. The number of fused-ring (bicyclic) bond motifs is 1. The Balaban J connectivity index is 3.01. The van der Waals surface area contributed by atoms with Gasteiger partial charge in [-0.15, -0.1) is 0 Å². The van der Waals surface area contributed by atoms with Gasteiger partial charge in [0.25, 0.3) is 0 Å². The van der Waals surface area contributed by atoms with Gasteiger partial charge in [0.2, 0.25) is 0 Å². The van der Waals surface area contributed by atoms with E-state index in [1.807, 2.05) is 0 Å². The minimum atomic E-state index is -1.17. The maximum atomic E-state index is 11.4. The molecule has 8 heteroatoms. The fourth-order valence-electron chi connectivity index (χ4n) is 1.32. The van der Waals surface area contributed by atoms with Gasteiger partial charge < -0.3 is 4.42 Å². The topological polar surface area (TPSA) is 73.3 Å². The van der Waals surface area contributed by atoms with Crippen molar-refractivity contribution in [2.45, 2.75) is 0 Å². The number of hydrogen-bond donors (Lipinski definition) is 0. The van der Waals surface area contributed by atoms with Crippen LogP contribution in [-0.4, -0.2) is 4.92 Å². The van der Waals surface area contributed by atoms with Crippen molar-refractivity contribution in [2.75, 3.05) is 0 Å². The smallest absolute Gasteiger partial charge is 0.416 e. The molecule has 0 unspecified atom stereocenters. The molecule has 17 heavy (non-hydrogen) atoms. The molecular weight excluding hydrogens is 292 g/mol. The van der Waals surface area contributed by atoms with E-state index < -0.39 is 16.2 Å². The number of halogens is 3. The van der Waals surface area contributed by atoms with Crippen molar-refractivity contribution in [3.05, 3.63) is 47.7 Å². The third-order valence-corrected chi connectivity index (χ3v) is 3.23.